The number of aryl methyl sites for hydroxylation is 1. The maximum absolute atomic E-state index is 12.5. The third-order valence-corrected chi connectivity index (χ3v) is 5.12. The van der Waals surface area contributed by atoms with Crippen molar-refractivity contribution in [3.63, 3.8) is 0 Å². The van der Waals surface area contributed by atoms with Crippen LogP contribution in [0.4, 0.5) is 0 Å². The molecular weight excluding hydrogens is 338 g/mol. The maximum Gasteiger partial charge on any atom is 0.253 e. The van der Waals surface area contributed by atoms with Crippen LogP contribution in [0.3, 0.4) is 0 Å². The number of fused-ring (bicyclic) bond motifs is 1. The Morgan fingerprint density at radius 2 is 1.85 bits per heavy atom. The molecule has 0 bridgehead atoms. The molecule has 5 rings (SSSR count). The molecule has 6 heteroatoms. The fourth-order valence-corrected chi connectivity index (χ4v) is 3.43. The summed E-state index contributed by atoms with van der Waals surface area (Å²) in [6, 6.07) is 14.0. The van der Waals surface area contributed by atoms with Crippen molar-refractivity contribution in [2.75, 3.05) is 13.1 Å². The minimum Gasteiger partial charge on any atom is -0.339 e. The second-order valence-electron chi connectivity index (χ2n) is 6.91. The van der Waals surface area contributed by atoms with Crippen molar-refractivity contribution < 1.29 is 4.79 Å². The fourth-order valence-electron chi connectivity index (χ4n) is 3.43. The number of rotatable bonds is 3. The van der Waals surface area contributed by atoms with E-state index in [9.17, 15) is 4.79 Å². The Bertz CT molecular complexity index is 1140. The minimum absolute atomic E-state index is 0.0998. The number of nitrogens with zero attached hydrogens (tertiary/aromatic N) is 5. The Kier molecular flexibility index (Phi) is 3.57. The van der Waals surface area contributed by atoms with Crippen LogP contribution < -0.4 is 0 Å². The number of carbonyl (C=O) groups is 1. The lowest BCUT2D eigenvalue weighted by atomic mass is 10.1. The summed E-state index contributed by atoms with van der Waals surface area (Å²) >= 11 is 0. The summed E-state index contributed by atoms with van der Waals surface area (Å²) in [4.78, 5) is 18.9. The number of hydrogen-bond acceptors (Lipinski definition) is 3. The summed E-state index contributed by atoms with van der Waals surface area (Å²) in [5, 5.41) is 4.22. The first-order valence-electron chi connectivity index (χ1n) is 9.05. The van der Waals surface area contributed by atoms with Gasteiger partial charge >= 0.3 is 0 Å². The molecule has 6 nitrogen and oxygen atoms in total. The molecule has 0 saturated carbocycles. The van der Waals surface area contributed by atoms with Crippen molar-refractivity contribution in [2.24, 2.45) is 7.05 Å². The van der Waals surface area contributed by atoms with Gasteiger partial charge in [-0.05, 0) is 42.3 Å². The van der Waals surface area contributed by atoms with Crippen LogP contribution in [0.25, 0.3) is 27.8 Å². The van der Waals surface area contributed by atoms with Crippen LogP contribution in [-0.2, 0) is 7.05 Å². The average molecular weight is 357 g/mol. The molecule has 2 aromatic carbocycles. The molecule has 134 valence electrons. The molecule has 0 spiro atoms. The van der Waals surface area contributed by atoms with E-state index in [-0.39, 0.29) is 5.91 Å². The number of amides is 1. The Morgan fingerprint density at radius 3 is 2.52 bits per heavy atom. The Morgan fingerprint density at radius 1 is 1.04 bits per heavy atom. The highest BCUT2D eigenvalue weighted by molar-refractivity contribution is 5.98. The summed E-state index contributed by atoms with van der Waals surface area (Å²) in [6.07, 6.45) is 6.75. The van der Waals surface area contributed by atoms with Gasteiger partial charge in [-0.25, -0.2) is 4.98 Å². The summed E-state index contributed by atoms with van der Waals surface area (Å²) in [5.74, 6) is 0.0998. The number of aromatic nitrogens is 4. The second-order valence-corrected chi connectivity index (χ2v) is 6.91. The zero-order valence-corrected chi connectivity index (χ0v) is 15.0. The number of imidazole rings is 1. The first kappa shape index (κ1) is 15.8. The molecular formula is C21H19N5O. The van der Waals surface area contributed by atoms with Crippen molar-refractivity contribution in [1.82, 2.24) is 24.2 Å². The van der Waals surface area contributed by atoms with E-state index in [1.807, 2.05) is 53.4 Å². The van der Waals surface area contributed by atoms with Crippen LogP contribution in [0, 0.1) is 0 Å². The molecule has 0 N–H and O–H groups in total. The molecule has 0 unspecified atom stereocenters. The SMILES string of the molecule is Cn1cc(-c2ccc(-n3cnc4ccc(C(=O)N5CCC5)cc43)cc2)cn1. The Hall–Kier alpha value is -3.41. The highest BCUT2D eigenvalue weighted by Crippen LogP contribution is 2.24. The zero-order valence-electron chi connectivity index (χ0n) is 15.0. The number of carbonyl (C=O) groups excluding carboxylic acids is 1. The highest BCUT2D eigenvalue weighted by atomic mass is 16.2. The zero-order chi connectivity index (χ0) is 18.4. The third kappa shape index (κ3) is 2.70. The average Bonchev–Trinajstić information content (AvgIpc) is 3.26. The third-order valence-electron chi connectivity index (χ3n) is 5.12. The van der Waals surface area contributed by atoms with E-state index in [0.717, 1.165) is 52.9 Å². The molecule has 1 fully saturated rings. The normalized spacial score (nSPS) is 13.7. The molecule has 1 aliphatic rings. The van der Waals surface area contributed by atoms with Gasteiger partial charge in [-0.15, -0.1) is 0 Å². The van der Waals surface area contributed by atoms with Crippen LogP contribution in [-0.4, -0.2) is 43.2 Å². The van der Waals surface area contributed by atoms with E-state index in [1.54, 1.807) is 4.68 Å². The largest absolute Gasteiger partial charge is 0.339 e. The van der Waals surface area contributed by atoms with Crippen LogP contribution >= 0.6 is 0 Å². The van der Waals surface area contributed by atoms with Crippen molar-refractivity contribution in [3.05, 3.63) is 66.7 Å². The summed E-state index contributed by atoms with van der Waals surface area (Å²) in [7, 11) is 1.91. The summed E-state index contributed by atoms with van der Waals surface area (Å²) in [5.41, 5.74) is 5.75. The van der Waals surface area contributed by atoms with Crippen LogP contribution in [0.2, 0.25) is 0 Å². The summed E-state index contributed by atoms with van der Waals surface area (Å²) in [6.45, 7) is 1.71. The van der Waals surface area contributed by atoms with Crippen molar-refractivity contribution in [1.29, 1.82) is 0 Å². The molecule has 1 saturated heterocycles. The minimum atomic E-state index is 0.0998. The van der Waals surface area contributed by atoms with Crippen LogP contribution in [0.5, 0.6) is 0 Å². The topological polar surface area (TPSA) is 56.0 Å². The van der Waals surface area contributed by atoms with Gasteiger partial charge in [0.25, 0.3) is 5.91 Å². The smallest absolute Gasteiger partial charge is 0.253 e. The highest BCUT2D eigenvalue weighted by Gasteiger charge is 2.22. The van der Waals surface area contributed by atoms with E-state index in [1.165, 1.54) is 0 Å². The summed E-state index contributed by atoms with van der Waals surface area (Å²) < 4.78 is 3.82. The first-order chi connectivity index (χ1) is 13.2. The van der Waals surface area contributed by atoms with E-state index >= 15 is 0 Å². The molecule has 27 heavy (non-hydrogen) atoms. The predicted molar refractivity (Wildman–Crippen MR) is 104 cm³/mol. The molecule has 4 aromatic rings. The fraction of sp³-hybridized carbons (Fsp3) is 0.190. The van der Waals surface area contributed by atoms with Crippen LogP contribution in [0.1, 0.15) is 16.8 Å². The Balaban J connectivity index is 1.51. The van der Waals surface area contributed by atoms with Gasteiger partial charge in [0.05, 0.1) is 17.2 Å². The van der Waals surface area contributed by atoms with E-state index < -0.39 is 0 Å². The molecule has 2 aromatic heterocycles. The van der Waals surface area contributed by atoms with E-state index in [0.29, 0.717) is 0 Å². The van der Waals surface area contributed by atoms with Crippen molar-refractivity contribution >= 4 is 16.9 Å². The van der Waals surface area contributed by atoms with Gasteiger partial charge in [-0.2, -0.15) is 5.10 Å². The van der Waals surface area contributed by atoms with Gasteiger partial charge in [-0.1, -0.05) is 12.1 Å². The molecule has 0 radical (unpaired) electrons. The first-order valence-corrected chi connectivity index (χ1v) is 9.05. The number of benzene rings is 2. The molecule has 0 aliphatic carbocycles. The van der Waals surface area contributed by atoms with Gasteiger partial charge in [0.2, 0.25) is 0 Å². The van der Waals surface area contributed by atoms with Crippen LogP contribution in [0.15, 0.2) is 61.2 Å². The quantitative estimate of drug-likeness (QED) is 0.565. The number of hydrogen-bond donors (Lipinski definition) is 0. The molecule has 1 amide bonds. The monoisotopic (exact) mass is 357 g/mol. The lowest BCUT2D eigenvalue weighted by Gasteiger charge is -2.30. The van der Waals surface area contributed by atoms with Gasteiger partial charge in [0.1, 0.15) is 6.33 Å². The number of likely N-dealkylation sites (tertiary alicyclic amines) is 1. The Labute approximate surface area is 156 Å². The van der Waals surface area contributed by atoms with E-state index in [2.05, 4.69) is 34.3 Å². The van der Waals surface area contributed by atoms with Gasteiger partial charge in [0.15, 0.2) is 0 Å². The standard InChI is InChI=1S/C21H19N5O/c1-24-13-17(12-23-24)15-3-6-18(7-4-15)26-14-22-19-8-5-16(11-20(19)26)21(27)25-9-2-10-25/h3-8,11-14H,2,9-10H2,1H3. The second kappa shape index (κ2) is 6.09. The van der Waals surface area contributed by atoms with E-state index in [4.69, 9.17) is 0 Å². The molecule has 3 heterocycles. The van der Waals surface area contributed by atoms with Crippen molar-refractivity contribution in [3.8, 4) is 16.8 Å². The molecule has 1 aliphatic heterocycles. The van der Waals surface area contributed by atoms with Gasteiger partial charge in [-0.3, -0.25) is 14.0 Å². The molecule has 0 atom stereocenters. The van der Waals surface area contributed by atoms with Gasteiger partial charge in [0, 0.05) is 43.1 Å². The van der Waals surface area contributed by atoms with Crippen molar-refractivity contribution in [2.45, 2.75) is 6.42 Å². The lowest BCUT2D eigenvalue weighted by Crippen LogP contribution is -2.41. The maximum atomic E-state index is 12.5. The predicted octanol–water partition coefficient (Wildman–Crippen LogP) is 3.27. The lowest BCUT2D eigenvalue weighted by molar-refractivity contribution is 0.0652. The van der Waals surface area contributed by atoms with Gasteiger partial charge < -0.3 is 4.90 Å².